The molecule has 4 aromatic rings. The summed E-state index contributed by atoms with van der Waals surface area (Å²) in [5.74, 6) is 1.06. The predicted molar refractivity (Wildman–Crippen MR) is 98.7 cm³/mol. The summed E-state index contributed by atoms with van der Waals surface area (Å²) in [6.07, 6.45) is 1.75. The Balaban J connectivity index is 1.87. The third-order valence-corrected chi connectivity index (χ3v) is 3.94. The van der Waals surface area contributed by atoms with Crippen LogP contribution in [0.3, 0.4) is 0 Å². The highest BCUT2D eigenvalue weighted by Crippen LogP contribution is 2.34. The minimum Gasteiger partial charge on any atom is -0.508 e. The van der Waals surface area contributed by atoms with Crippen LogP contribution in [-0.2, 0) is 0 Å². The first kappa shape index (κ1) is 15.0. The molecule has 0 fully saturated rings. The zero-order chi connectivity index (χ0) is 17.2. The second-order valence-corrected chi connectivity index (χ2v) is 5.67. The molecule has 0 spiro atoms. The zero-order valence-electron chi connectivity index (χ0n) is 13.3. The van der Waals surface area contributed by atoms with Gasteiger partial charge < -0.3 is 14.6 Å². The summed E-state index contributed by atoms with van der Waals surface area (Å²) < 4.78 is 5.98. The monoisotopic (exact) mass is 329 g/mol. The van der Waals surface area contributed by atoms with E-state index in [1.165, 1.54) is 0 Å². The summed E-state index contributed by atoms with van der Waals surface area (Å²) >= 11 is 0. The molecule has 0 aliphatic carbocycles. The van der Waals surface area contributed by atoms with E-state index in [1.54, 1.807) is 42.6 Å². The number of hydrogen-bond acceptors (Lipinski definition) is 4. The molecule has 0 aliphatic rings. The largest absolute Gasteiger partial charge is 0.508 e. The number of aromatic hydroxyl groups is 2. The number of hydrogen-bond donors (Lipinski definition) is 2. The van der Waals surface area contributed by atoms with Crippen molar-refractivity contribution in [3.05, 3.63) is 78.4 Å². The first-order valence-electron chi connectivity index (χ1n) is 7.85. The van der Waals surface area contributed by atoms with E-state index in [0.29, 0.717) is 11.3 Å². The third kappa shape index (κ3) is 2.97. The number of benzene rings is 3. The molecular weight excluding hydrogens is 314 g/mol. The fourth-order valence-corrected chi connectivity index (χ4v) is 2.72. The summed E-state index contributed by atoms with van der Waals surface area (Å²) in [7, 11) is 0. The summed E-state index contributed by atoms with van der Waals surface area (Å²) in [6, 6.07) is 21.5. The van der Waals surface area contributed by atoms with Crippen molar-refractivity contribution in [3.63, 3.8) is 0 Å². The van der Waals surface area contributed by atoms with Gasteiger partial charge in [-0.25, -0.2) is 0 Å². The van der Waals surface area contributed by atoms with Crippen LogP contribution in [0, 0.1) is 0 Å². The van der Waals surface area contributed by atoms with Gasteiger partial charge in [-0.05, 0) is 36.4 Å². The normalized spacial score (nSPS) is 11.4. The second-order valence-electron chi connectivity index (χ2n) is 5.67. The maximum Gasteiger partial charge on any atom is 0.144 e. The summed E-state index contributed by atoms with van der Waals surface area (Å²) in [6.45, 7) is 0. The highest BCUT2D eigenvalue weighted by molar-refractivity contribution is 6.05. The Labute approximate surface area is 144 Å². The lowest BCUT2D eigenvalue weighted by atomic mass is 10.1. The highest BCUT2D eigenvalue weighted by atomic mass is 16.3. The number of phenolic OH excluding ortho intramolecular Hbond substituents is 2. The standard InChI is InChI=1S/C21H15NO3/c23-16-8-6-15(7-9-16)22-13-19-18-11-10-17(24)12-20(18)25-21(19)14-4-2-1-3-5-14/h1-13,23-24H. The van der Waals surface area contributed by atoms with Crippen LogP contribution in [0.25, 0.3) is 22.3 Å². The summed E-state index contributed by atoms with van der Waals surface area (Å²) in [5, 5.41) is 20.0. The quantitative estimate of drug-likeness (QED) is 0.504. The molecule has 0 radical (unpaired) electrons. The lowest BCUT2D eigenvalue weighted by molar-refractivity contribution is 0.474. The van der Waals surface area contributed by atoms with Crippen LogP contribution in [0.2, 0.25) is 0 Å². The van der Waals surface area contributed by atoms with Crippen molar-refractivity contribution >= 4 is 22.9 Å². The van der Waals surface area contributed by atoms with Gasteiger partial charge in [0, 0.05) is 28.8 Å². The first-order valence-corrected chi connectivity index (χ1v) is 7.85. The van der Waals surface area contributed by atoms with Crippen LogP contribution >= 0.6 is 0 Å². The van der Waals surface area contributed by atoms with E-state index in [2.05, 4.69) is 4.99 Å². The van der Waals surface area contributed by atoms with E-state index < -0.39 is 0 Å². The van der Waals surface area contributed by atoms with Gasteiger partial charge in [0.2, 0.25) is 0 Å². The van der Waals surface area contributed by atoms with Crippen LogP contribution in [0.1, 0.15) is 5.56 Å². The van der Waals surface area contributed by atoms with Gasteiger partial charge in [-0.3, -0.25) is 4.99 Å². The molecule has 25 heavy (non-hydrogen) atoms. The molecule has 1 aromatic heterocycles. The fourth-order valence-electron chi connectivity index (χ4n) is 2.72. The van der Waals surface area contributed by atoms with Crippen molar-refractivity contribution in [2.45, 2.75) is 0 Å². The average molecular weight is 329 g/mol. The van der Waals surface area contributed by atoms with Crippen LogP contribution in [-0.4, -0.2) is 16.4 Å². The van der Waals surface area contributed by atoms with Gasteiger partial charge in [0.05, 0.1) is 5.69 Å². The number of furan rings is 1. The van der Waals surface area contributed by atoms with Crippen molar-refractivity contribution < 1.29 is 14.6 Å². The van der Waals surface area contributed by atoms with Crippen molar-refractivity contribution in [1.29, 1.82) is 0 Å². The third-order valence-electron chi connectivity index (χ3n) is 3.94. The molecule has 4 rings (SSSR count). The predicted octanol–water partition coefficient (Wildman–Crippen LogP) is 5.26. The number of nitrogens with zero attached hydrogens (tertiary/aromatic N) is 1. The number of fused-ring (bicyclic) bond motifs is 1. The van der Waals surface area contributed by atoms with E-state index in [4.69, 9.17) is 4.42 Å². The van der Waals surface area contributed by atoms with Gasteiger partial charge in [-0.1, -0.05) is 30.3 Å². The Morgan fingerprint density at radius 1 is 0.800 bits per heavy atom. The Morgan fingerprint density at radius 2 is 1.52 bits per heavy atom. The van der Waals surface area contributed by atoms with Crippen LogP contribution in [0.5, 0.6) is 11.5 Å². The average Bonchev–Trinajstić information content (AvgIpc) is 2.99. The zero-order valence-corrected chi connectivity index (χ0v) is 13.3. The van der Waals surface area contributed by atoms with E-state index in [0.717, 1.165) is 22.2 Å². The lowest BCUT2D eigenvalue weighted by Gasteiger charge is -1.99. The Bertz CT molecular complexity index is 1050. The number of rotatable bonds is 3. The maximum atomic E-state index is 9.72. The minimum atomic E-state index is 0.155. The molecule has 0 saturated heterocycles. The molecule has 0 aliphatic heterocycles. The summed E-state index contributed by atoms with van der Waals surface area (Å²) in [5.41, 5.74) is 3.11. The van der Waals surface area contributed by atoms with Crippen LogP contribution < -0.4 is 0 Å². The van der Waals surface area contributed by atoms with Gasteiger partial charge in [0.25, 0.3) is 0 Å². The maximum absolute atomic E-state index is 9.72. The second kappa shape index (κ2) is 6.17. The Morgan fingerprint density at radius 3 is 2.28 bits per heavy atom. The number of aliphatic imine (C=N–C) groups is 1. The Hall–Kier alpha value is -3.53. The van der Waals surface area contributed by atoms with E-state index in [9.17, 15) is 10.2 Å². The molecule has 1 heterocycles. The fraction of sp³-hybridized carbons (Fsp3) is 0. The molecule has 0 bridgehead atoms. The topological polar surface area (TPSA) is 66.0 Å². The van der Waals surface area contributed by atoms with E-state index in [-0.39, 0.29) is 11.5 Å². The molecular formula is C21H15NO3. The van der Waals surface area contributed by atoms with Gasteiger partial charge >= 0.3 is 0 Å². The molecule has 4 heteroatoms. The smallest absolute Gasteiger partial charge is 0.144 e. The SMILES string of the molecule is Oc1ccc(N=Cc2c(-c3ccccc3)oc3cc(O)ccc23)cc1. The molecule has 2 N–H and O–H groups in total. The van der Waals surface area contributed by atoms with E-state index >= 15 is 0 Å². The van der Waals surface area contributed by atoms with Crippen molar-refractivity contribution in [3.8, 4) is 22.8 Å². The molecule has 4 nitrogen and oxygen atoms in total. The van der Waals surface area contributed by atoms with Gasteiger partial charge in [0.15, 0.2) is 0 Å². The van der Waals surface area contributed by atoms with Crippen molar-refractivity contribution in [2.75, 3.05) is 0 Å². The number of phenols is 2. The van der Waals surface area contributed by atoms with Crippen molar-refractivity contribution in [1.82, 2.24) is 0 Å². The molecule has 0 atom stereocenters. The van der Waals surface area contributed by atoms with Gasteiger partial charge in [0.1, 0.15) is 22.8 Å². The lowest BCUT2D eigenvalue weighted by Crippen LogP contribution is -1.83. The highest BCUT2D eigenvalue weighted by Gasteiger charge is 2.14. The Kier molecular flexibility index (Phi) is 3.71. The molecule has 0 saturated carbocycles. The van der Waals surface area contributed by atoms with Crippen molar-refractivity contribution in [2.24, 2.45) is 4.99 Å². The van der Waals surface area contributed by atoms with E-state index in [1.807, 2.05) is 36.4 Å². The van der Waals surface area contributed by atoms with Gasteiger partial charge in [-0.15, -0.1) is 0 Å². The van der Waals surface area contributed by atoms with Crippen LogP contribution in [0.15, 0.2) is 82.2 Å². The molecule has 3 aromatic carbocycles. The molecule has 122 valence electrons. The molecule has 0 unspecified atom stereocenters. The molecule has 0 amide bonds. The van der Waals surface area contributed by atoms with Gasteiger partial charge in [-0.2, -0.15) is 0 Å². The summed E-state index contributed by atoms with van der Waals surface area (Å²) in [4.78, 5) is 4.49. The van der Waals surface area contributed by atoms with Crippen LogP contribution in [0.4, 0.5) is 5.69 Å². The minimum absolute atomic E-state index is 0.155. The first-order chi connectivity index (χ1) is 12.2.